The van der Waals surface area contributed by atoms with E-state index in [1.807, 2.05) is 44.2 Å². The summed E-state index contributed by atoms with van der Waals surface area (Å²) in [6.45, 7) is 15.9. The summed E-state index contributed by atoms with van der Waals surface area (Å²) < 4.78 is 2.20. The van der Waals surface area contributed by atoms with Crippen LogP contribution in [0.4, 0.5) is 0 Å². The Kier molecular flexibility index (Phi) is 4.44. The van der Waals surface area contributed by atoms with Crippen LogP contribution in [-0.2, 0) is 0 Å². The lowest BCUT2D eigenvalue weighted by Crippen LogP contribution is -1.98. The van der Waals surface area contributed by atoms with Crippen LogP contribution in [0.15, 0.2) is 67.8 Å². The first-order chi connectivity index (χ1) is 10.1. The van der Waals surface area contributed by atoms with Gasteiger partial charge in [-0.2, -0.15) is 0 Å². The second kappa shape index (κ2) is 6.27. The SMILES string of the molecule is C=C/C(=C\C(=C)C)n1c(/C=C\C)c(C=C)c2ccccc21. The molecule has 1 aromatic carbocycles. The number of hydrogen-bond acceptors (Lipinski definition) is 0. The van der Waals surface area contributed by atoms with Crippen LogP contribution in [-0.4, -0.2) is 4.57 Å². The molecule has 0 bridgehead atoms. The normalized spacial score (nSPS) is 12.0. The van der Waals surface area contributed by atoms with E-state index in [0.717, 1.165) is 28.0 Å². The van der Waals surface area contributed by atoms with Gasteiger partial charge < -0.3 is 4.57 Å². The molecular weight excluding hydrogens is 254 g/mol. The van der Waals surface area contributed by atoms with Crippen LogP contribution < -0.4 is 0 Å². The van der Waals surface area contributed by atoms with Crippen LogP contribution in [0, 0.1) is 0 Å². The zero-order valence-electron chi connectivity index (χ0n) is 12.8. The van der Waals surface area contributed by atoms with Crippen molar-refractivity contribution in [2.75, 3.05) is 0 Å². The Labute approximate surface area is 126 Å². The van der Waals surface area contributed by atoms with Gasteiger partial charge in [0.25, 0.3) is 0 Å². The number of allylic oxidation sites excluding steroid dienone is 5. The van der Waals surface area contributed by atoms with Crippen molar-refractivity contribution in [3.63, 3.8) is 0 Å². The molecule has 21 heavy (non-hydrogen) atoms. The van der Waals surface area contributed by atoms with Gasteiger partial charge in [0.05, 0.1) is 11.2 Å². The van der Waals surface area contributed by atoms with Gasteiger partial charge in [0.2, 0.25) is 0 Å². The molecule has 0 radical (unpaired) electrons. The number of rotatable bonds is 5. The molecule has 1 nitrogen and oxygen atoms in total. The summed E-state index contributed by atoms with van der Waals surface area (Å²) in [5.74, 6) is 0. The van der Waals surface area contributed by atoms with Crippen LogP contribution in [0.1, 0.15) is 25.1 Å². The van der Waals surface area contributed by atoms with E-state index >= 15 is 0 Å². The van der Waals surface area contributed by atoms with Crippen LogP contribution in [0.25, 0.3) is 28.8 Å². The second-order valence-electron chi connectivity index (χ2n) is 4.98. The summed E-state index contributed by atoms with van der Waals surface area (Å²) >= 11 is 0. The molecular formula is C20H21N. The van der Waals surface area contributed by atoms with Crippen LogP contribution >= 0.6 is 0 Å². The Hall–Kier alpha value is -2.54. The molecule has 0 saturated carbocycles. The maximum absolute atomic E-state index is 3.98. The third-order valence-electron chi connectivity index (χ3n) is 3.34. The predicted octanol–water partition coefficient (Wildman–Crippen LogP) is 5.92. The lowest BCUT2D eigenvalue weighted by molar-refractivity contribution is 1.15. The Morgan fingerprint density at radius 3 is 2.48 bits per heavy atom. The zero-order chi connectivity index (χ0) is 15.4. The Balaban J connectivity index is 2.95. The Morgan fingerprint density at radius 2 is 1.90 bits per heavy atom. The molecule has 1 aromatic heterocycles. The fraction of sp³-hybridized carbons (Fsp3) is 0.100. The number of benzene rings is 1. The van der Waals surface area contributed by atoms with Gasteiger partial charge in [-0.3, -0.25) is 0 Å². The summed E-state index contributed by atoms with van der Waals surface area (Å²) in [4.78, 5) is 0. The van der Waals surface area contributed by atoms with Gasteiger partial charge in [0.1, 0.15) is 0 Å². The number of fused-ring (bicyclic) bond motifs is 1. The monoisotopic (exact) mass is 275 g/mol. The average molecular weight is 275 g/mol. The molecule has 0 spiro atoms. The van der Waals surface area contributed by atoms with Crippen LogP contribution in [0.5, 0.6) is 0 Å². The Morgan fingerprint density at radius 1 is 1.19 bits per heavy atom. The molecule has 106 valence electrons. The van der Waals surface area contributed by atoms with Crippen LogP contribution in [0.2, 0.25) is 0 Å². The zero-order valence-corrected chi connectivity index (χ0v) is 12.8. The summed E-state index contributed by atoms with van der Waals surface area (Å²) in [7, 11) is 0. The number of aromatic nitrogens is 1. The first-order valence-corrected chi connectivity index (χ1v) is 7.02. The van der Waals surface area contributed by atoms with Crippen molar-refractivity contribution >= 4 is 28.8 Å². The fourth-order valence-corrected chi connectivity index (χ4v) is 2.57. The molecule has 0 saturated heterocycles. The standard InChI is InChI=1S/C20H21N/c1-6-11-19-17(8-3)18-12-9-10-13-20(18)21(19)16(7-2)14-15(4)5/h6-14H,2-4H2,1,5H3/b11-6-,16-14+. The van der Waals surface area contributed by atoms with E-state index in [2.05, 4.69) is 48.6 Å². The molecule has 0 aliphatic heterocycles. The minimum absolute atomic E-state index is 0.995. The maximum atomic E-state index is 3.98. The highest BCUT2D eigenvalue weighted by molar-refractivity contribution is 5.97. The lowest BCUT2D eigenvalue weighted by atomic mass is 10.1. The summed E-state index contributed by atoms with van der Waals surface area (Å²) in [6.07, 6.45) is 9.96. The lowest BCUT2D eigenvalue weighted by Gasteiger charge is -2.10. The van der Waals surface area contributed by atoms with E-state index in [1.165, 1.54) is 5.39 Å². The molecule has 0 amide bonds. The van der Waals surface area contributed by atoms with Crippen molar-refractivity contribution in [2.24, 2.45) is 0 Å². The van der Waals surface area contributed by atoms with Gasteiger partial charge in [-0.05, 0) is 38.1 Å². The van der Waals surface area contributed by atoms with Gasteiger partial charge in [0, 0.05) is 16.6 Å². The highest BCUT2D eigenvalue weighted by atomic mass is 15.0. The molecule has 0 unspecified atom stereocenters. The maximum Gasteiger partial charge on any atom is 0.0541 e. The largest absolute Gasteiger partial charge is 0.309 e. The quantitative estimate of drug-likeness (QED) is 0.597. The van der Waals surface area contributed by atoms with E-state index < -0.39 is 0 Å². The van der Waals surface area contributed by atoms with Gasteiger partial charge in [0.15, 0.2) is 0 Å². The first kappa shape index (κ1) is 14.9. The number of nitrogens with zero attached hydrogens (tertiary/aromatic N) is 1. The highest BCUT2D eigenvalue weighted by Crippen LogP contribution is 2.31. The third-order valence-corrected chi connectivity index (χ3v) is 3.34. The number of hydrogen-bond donors (Lipinski definition) is 0. The van der Waals surface area contributed by atoms with Crippen molar-refractivity contribution in [2.45, 2.75) is 13.8 Å². The van der Waals surface area contributed by atoms with Crippen molar-refractivity contribution in [1.82, 2.24) is 4.57 Å². The van der Waals surface area contributed by atoms with Crippen molar-refractivity contribution in [1.29, 1.82) is 0 Å². The highest BCUT2D eigenvalue weighted by Gasteiger charge is 2.14. The van der Waals surface area contributed by atoms with E-state index in [4.69, 9.17) is 0 Å². The van der Waals surface area contributed by atoms with Gasteiger partial charge in [-0.25, -0.2) is 0 Å². The van der Waals surface area contributed by atoms with Crippen LogP contribution in [0.3, 0.4) is 0 Å². The molecule has 2 rings (SSSR count). The van der Waals surface area contributed by atoms with Gasteiger partial charge in [-0.15, -0.1) is 0 Å². The predicted molar refractivity (Wildman–Crippen MR) is 96.0 cm³/mol. The van der Waals surface area contributed by atoms with Crippen molar-refractivity contribution < 1.29 is 0 Å². The molecule has 2 aromatic rings. The molecule has 0 atom stereocenters. The first-order valence-electron chi connectivity index (χ1n) is 7.02. The van der Waals surface area contributed by atoms with Crippen molar-refractivity contribution in [3.8, 4) is 0 Å². The average Bonchev–Trinajstić information content (AvgIpc) is 2.78. The summed E-state index contributed by atoms with van der Waals surface area (Å²) in [6, 6.07) is 8.34. The van der Waals surface area contributed by atoms with E-state index in [1.54, 1.807) is 0 Å². The molecule has 0 fully saturated rings. The van der Waals surface area contributed by atoms with Gasteiger partial charge >= 0.3 is 0 Å². The Bertz CT molecular complexity index is 766. The van der Waals surface area contributed by atoms with E-state index in [-0.39, 0.29) is 0 Å². The fourth-order valence-electron chi connectivity index (χ4n) is 2.57. The smallest absolute Gasteiger partial charge is 0.0541 e. The van der Waals surface area contributed by atoms with E-state index in [0.29, 0.717) is 0 Å². The van der Waals surface area contributed by atoms with E-state index in [9.17, 15) is 0 Å². The third kappa shape index (κ3) is 2.68. The summed E-state index contributed by atoms with van der Waals surface area (Å²) in [5.41, 5.74) is 5.40. The van der Waals surface area contributed by atoms with Gasteiger partial charge in [-0.1, -0.05) is 55.7 Å². The topological polar surface area (TPSA) is 4.93 Å². The minimum atomic E-state index is 0.995. The number of para-hydroxylation sites is 1. The van der Waals surface area contributed by atoms with Crippen molar-refractivity contribution in [3.05, 3.63) is 79.1 Å². The molecule has 0 aliphatic rings. The minimum Gasteiger partial charge on any atom is -0.309 e. The second-order valence-corrected chi connectivity index (χ2v) is 4.98. The molecule has 1 heteroatoms. The molecule has 0 aliphatic carbocycles. The summed E-state index contributed by atoms with van der Waals surface area (Å²) in [5, 5.41) is 1.19. The molecule has 1 heterocycles. The molecule has 0 N–H and O–H groups in total.